The molecule has 1 atom stereocenters. The summed E-state index contributed by atoms with van der Waals surface area (Å²) in [5, 5.41) is 11.0. The Bertz CT molecular complexity index is 847. The van der Waals surface area contributed by atoms with E-state index in [0.29, 0.717) is 19.1 Å². The number of aromatic amines is 1. The van der Waals surface area contributed by atoms with Gasteiger partial charge in [-0.2, -0.15) is 0 Å². The number of alkyl carbamates (subject to hydrolysis) is 1. The molecule has 1 aliphatic carbocycles. The van der Waals surface area contributed by atoms with Gasteiger partial charge in [-0.15, -0.1) is 24.0 Å². The Morgan fingerprint density at radius 2 is 2.03 bits per heavy atom. The number of amides is 1. The summed E-state index contributed by atoms with van der Waals surface area (Å²) in [6, 6.07) is 8.43. The van der Waals surface area contributed by atoms with Gasteiger partial charge in [-0.05, 0) is 57.6 Å². The number of halogens is 1. The fraction of sp³-hybridized carbons (Fsp3) is 0.545. The molecule has 1 aromatic carbocycles. The van der Waals surface area contributed by atoms with E-state index in [9.17, 15) is 4.79 Å². The summed E-state index contributed by atoms with van der Waals surface area (Å²) in [6.07, 6.45) is 2.83. The summed E-state index contributed by atoms with van der Waals surface area (Å²) in [5.41, 5.74) is 3.73. The highest BCUT2D eigenvalue weighted by Gasteiger charge is 2.32. The van der Waals surface area contributed by atoms with Crippen molar-refractivity contribution in [3.8, 4) is 0 Å². The second-order valence-electron chi connectivity index (χ2n) is 7.48. The number of aromatic nitrogens is 1. The number of aliphatic imine (C=N–C) groups is 1. The highest BCUT2D eigenvalue weighted by atomic mass is 127. The van der Waals surface area contributed by atoms with Crippen LogP contribution in [0, 0.1) is 12.8 Å². The number of carbonyl (C=O) groups excluding carboxylic acids is 1. The molecule has 1 aromatic heterocycles. The van der Waals surface area contributed by atoms with Crippen LogP contribution in [0.5, 0.6) is 0 Å². The van der Waals surface area contributed by atoms with Crippen LogP contribution >= 0.6 is 24.0 Å². The predicted molar refractivity (Wildman–Crippen MR) is 133 cm³/mol. The summed E-state index contributed by atoms with van der Waals surface area (Å²) in [5.74, 6) is 1.28. The Morgan fingerprint density at radius 1 is 1.27 bits per heavy atom. The van der Waals surface area contributed by atoms with E-state index in [2.05, 4.69) is 59.0 Å². The third-order valence-electron chi connectivity index (χ3n) is 5.25. The van der Waals surface area contributed by atoms with E-state index >= 15 is 0 Å². The van der Waals surface area contributed by atoms with Crippen molar-refractivity contribution >= 4 is 46.9 Å². The van der Waals surface area contributed by atoms with Crippen molar-refractivity contribution in [3.63, 3.8) is 0 Å². The largest absolute Gasteiger partial charge is 0.450 e. The molecule has 1 fully saturated rings. The minimum absolute atomic E-state index is 0. The van der Waals surface area contributed by atoms with E-state index in [1.807, 2.05) is 6.92 Å². The number of nitrogens with zero attached hydrogens (tertiary/aromatic N) is 1. The maximum absolute atomic E-state index is 11.8. The van der Waals surface area contributed by atoms with Crippen LogP contribution in [0.15, 0.2) is 29.3 Å². The molecule has 0 saturated heterocycles. The second kappa shape index (κ2) is 12.0. The van der Waals surface area contributed by atoms with E-state index in [4.69, 9.17) is 9.73 Å². The van der Waals surface area contributed by atoms with Crippen LogP contribution in [0.25, 0.3) is 10.9 Å². The van der Waals surface area contributed by atoms with Gasteiger partial charge in [0, 0.05) is 29.7 Å². The number of rotatable bonds is 9. The van der Waals surface area contributed by atoms with Crippen molar-refractivity contribution in [2.45, 2.75) is 46.1 Å². The molecule has 1 aliphatic rings. The Morgan fingerprint density at radius 3 is 2.73 bits per heavy atom. The average Bonchev–Trinajstić information content (AvgIpc) is 3.49. The number of para-hydroxylation sites is 1. The average molecular weight is 527 g/mol. The molecule has 0 aliphatic heterocycles. The van der Waals surface area contributed by atoms with Crippen molar-refractivity contribution in [1.29, 1.82) is 0 Å². The van der Waals surface area contributed by atoms with Crippen molar-refractivity contribution in [1.82, 2.24) is 20.9 Å². The maximum atomic E-state index is 11.8. The highest BCUT2D eigenvalue weighted by Crippen LogP contribution is 2.32. The van der Waals surface area contributed by atoms with Crippen LogP contribution in [0.2, 0.25) is 0 Å². The molecule has 4 N–H and O–H groups in total. The van der Waals surface area contributed by atoms with E-state index in [-0.39, 0.29) is 36.1 Å². The number of aryl methyl sites for hydroxylation is 1. The number of ether oxygens (including phenoxy) is 1. The molecule has 166 valence electrons. The quantitative estimate of drug-likeness (QED) is 0.227. The smallest absolute Gasteiger partial charge is 0.407 e. The topological polar surface area (TPSA) is 90.5 Å². The first-order valence-electron chi connectivity index (χ1n) is 10.6. The minimum Gasteiger partial charge on any atom is -0.450 e. The number of guanidine groups is 1. The Balaban J connectivity index is 0.00000320. The lowest BCUT2D eigenvalue weighted by molar-refractivity contribution is 0.147. The summed E-state index contributed by atoms with van der Waals surface area (Å²) < 4.78 is 5.02. The molecular weight excluding hydrogens is 493 g/mol. The molecule has 7 nitrogen and oxygen atoms in total. The third kappa shape index (κ3) is 6.78. The lowest BCUT2D eigenvalue weighted by Crippen LogP contribution is -2.42. The van der Waals surface area contributed by atoms with Crippen molar-refractivity contribution in [2.75, 3.05) is 26.2 Å². The van der Waals surface area contributed by atoms with Crippen LogP contribution in [-0.2, 0) is 11.2 Å². The van der Waals surface area contributed by atoms with Crippen molar-refractivity contribution in [3.05, 3.63) is 35.5 Å². The van der Waals surface area contributed by atoms with Gasteiger partial charge in [0.25, 0.3) is 0 Å². The number of H-pyrrole nitrogens is 1. The molecule has 3 rings (SSSR count). The molecular formula is C22H34IN5O2. The van der Waals surface area contributed by atoms with Gasteiger partial charge < -0.3 is 25.7 Å². The van der Waals surface area contributed by atoms with E-state index < -0.39 is 0 Å². The molecule has 2 aromatic rings. The van der Waals surface area contributed by atoms with E-state index in [0.717, 1.165) is 38.3 Å². The number of nitrogens with one attached hydrogen (secondary N) is 4. The van der Waals surface area contributed by atoms with Gasteiger partial charge in [0.15, 0.2) is 5.96 Å². The predicted octanol–water partition coefficient (Wildman–Crippen LogP) is 3.72. The standard InChI is InChI=1S/C22H33N5O2.HI/c1-4-23-21(25-14-20(16-10-11-16)27-22(28)29-5-2)24-13-12-17-15(3)26-19-9-7-6-8-18(17)19;/h6-9,16,20,26H,4-5,10-14H2,1-3H3,(H,27,28)(H2,23,24,25);1H. The van der Waals surface area contributed by atoms with Gasteiger partial charge in [-0.1, -0.05) is 18.2 Å². The van der Waals surface area contributed by atoms with Crippen molar-refractivity contribution < 1.29 is 9.53 Å². The molecule has 30 heavy (non-hydrogen) atoms. The highest BCUT2D eigenvalue weighted by molar-refractivity contribution is 14.0. The van der Waals surface area contributed by atoms with Gasteiger partial charge in [-0.3, -0.25) is 4.99 Å². The normalized spacial score (nSPS) is 14.7. The Kier molecular flexibility index (Phi) is 9.74. The summed E-state index contributed by atoms with van der Waals surface area (Å²) >= 11 is 0. The molecule has 1 amide bonds. The second-order valence-corrected chi connectivity index (χ2v) is 7.48. The fourth-order valence-corrected chi connectivity index (χ4v) is 3.63. The molecule has 0 radical (unpaired) electrons. The summed E-state index contributed by atoms with van der Waals surface area (Å²) in [6.45, 7) is 8.48. The fourth-order valence-electron chi connectivity index (χ4n) is 3.63. The number of benzene rings is 1. The molecule has 1 saturated carbocycles. The van der Waals surface area contributed by atoms with Gasteiger partial charge in [-0.25, -0.2) is 4.79 Å². The summed E-state index contributed by atoms with van der Waals surface area (Å²) in [7, 11) is 0. The van der Waals surface area contributed by atoms with Crippen LogP contribution in [0.3, 0.4) is 0 Å². The summed E-state index contributed by atoms with van der Waals surface area (Å²) in [4.78, 5) is 19.9. The van der Waals surface area contributed by atoms with E-state index in [1.54, 1.807) is 0 Å². The molecule has 0 bridgehead atoms. The monoisotopic (exact) mass is 527 g/mol. The first-order chi connectivity index (χ1) is 14.1. The SMILES string of the molecule is CCNC(=NCC(NC(=O)OCC)C1CC1)NCCc1c(C)[nH]c2ccccc12.I. The zero-order chi connectivity index (χ0) is 20.6. The number of carbonyl (C=O) groups is 1. The van der Waals surface area contributed by atoms with E-state index in [1.165, 1.54) is 22.2 Å². The molecule has 8 heteroatoms. The number of hydrogen-bond donors (Lipinski definition) is 4. The minimum atomic E-state index is -0.354. The molecule has 1 unspecified atom stereocenters. The van der Waals surface area contributed by atoms with Gasteiger partial charge in [0.2, 0.25) is 0 Å². The Hall–Kier alpha value is -1.97. The number of hydrogen-bond acceptors (Lipinski definition) is 3. The molecule has 0 spiro atoms. The van der Waals surface area contributed by atoms with Crippen LogP contribution < -0.4 is 16.0 Å². The lowest BCUT2D eigenvalue weighted by Gasteiger charge is -2.17. The first-order valence-corrected chi connectivity index (χ1v) is 10.6. The van der Waals surface area contributed by atoms with Crippen LogP contribution in [0.1, 0.15) is 37.9 Å². The van der Waals surface area contributed by atoms with Gasteiger partial charge in [0.05, 0.1) is 19.2 Å². The lowest BCUT2D eigenvalue weighted by atomic mass is 10.1. The maximum Gasteiger partial charge on any atom is 0.407 e. The van der Waals surface area contributed by atoms with Crippen LogP contribution in [-0.4, -0.2) is 49.3 Å². The molecule has 1 heterocycles. The van der Waals surface area contributed by atoms with Gasteiger partial charge >= 0.3 is 6.09 Å². The zero-order valence-corrected chi connectivity index (χ0v) is 20.4. The third-order valence-corrected chi connectivity index (χ3v) is 5.25. The number of fused-ring (bicyclic) bond motifs is 1. The zero-order valence-electron chi connectivity index (χ0n) is 18.1. The first kappa shape index (κ1) is 24.3. The van der Waals surface area contributed by atoms with Crippen molar-refractivity contribution in [2.24, 2.45) is 10.9 Å². The van der Waals surface area contributed by atoms with Crippen LogP contribution in [0.4, 0.5) is 4.79 Å². The Labute approximate surface area is 195 Å². The van der Waals surface area contributed by atoms with Gasteiger partial charge in [0.1, 0.15) is 0 Å².